The van der Waals surface area contributed by atoms with Crippen LogP contribution in [0.4, 0.5) is 0 Å². The van der Waals surface area contributed by atoms with Gasteiger partial charge in [-0.25, -0.2) is 13.1 Å². The normalized spacial score (nSPS) is 16.9. The Bertz CT molecular complexity index is 906. The van der Waals surface area contributed by atoms with Gasteiger partial charge in [0.25, 0.3) is 0 Å². The molecule has 3 rings (SSSR count). The van der Waals surface area contributed by atoms with E-state index in [2.05, 4.69) is 9.71 Å². The van der Waals surface area contributed by atoms with Gasteiger partial charge in [-0.3, -0.25) is 4.98 Å². The Hall–Kier alpha value is -1.96. The summed E-state index contributed by atoms with van der Waals surface area (Å²) in [6, 6.07) is 8.46. The van der Waals surface area contributed by atoms with Crippen molar-refractivity contribution in [1.29, 1.82) is 0 Å². The number of pyridine rings is 1. The Morgan fingerprint density at radius 2 is 1.93 bits per heavy atom. The van der Waals surface area contributed by atoms with Gasteiger partial charge in [-0.05, 0) is 55.7 Å². The third-order valence-electron chi connectivity index (χ3n) is 5.06. The van der Waals surface area contributed by atoms with E-state index < -0.39 is 15.6 Å². The number of aliphatic hydroxyl groups is 1. The van der Waals surface area contributed by atoms with E-state index >= 15 is 0 Å². The molecule has 6 nitrogen and oxygen atoms in total. The topological polar surface area (TPSA) is 88.5 Å². The lowest BCUT2D eigenvalue weighted by Crippen LogP contribution is -2.44. The predicted octanol–water partition coefficient (Wildman–Crippen LogP) is 3.04. The second-order valence-corrected chi connectivity index (χ2v) is 8.92. The SMILES string of the molecule is COc1ccc(S(=O)(=O)NCC2(O)CCCCC2)cc1-c1ccnc(C)c1. The summed E-state index contributed by atoms with van der Waals surface area (Å²) >= 11 is 0. The Morgan fingerprint density at radius 1 is 1.19 bits per heavy atom. The van der Waals surface area contributed by atoms with Gasteiger partial charge < -0.3 is 9.84 Å². The molecule has 1 aliphatic rings. The van der Waals surface area contributed by atoms with Crippen LogP contribution in [-0.4, -0.2) is 37.8 Å². The molecule has 0 bridgehead atoms. The molecule has 0 radical (unpaired) electrons. The van der Waals surface area contributed by atoms with Crippen molar-refractivity contribution >= 4 is 10.0 Å². The van der Waals surface area contributed by atoms with Crippen LogP contribution in [0.1, 0.15) is 37.8 Å². The maximum absolute atomic E-state index is 12.8. The summed E-state index contributed by atoms with van der Waals surface area (Å²) in [5.74, 6) is 0.588. The smallest absolute Gasteiger partial charge is 0.240 e. The predicted molar refractivity (Wildman–Crippen MR) is 104 cm³/mol. The van der Waals surface area contributed by atoms with Crippen molar-refractivity contribution in [2.24, 2.45) is 0 Å². The molecule has 7 heteroatoms. The number of ether oxygens (including phenoxy) is 1. The fraction of sp³-hybridized carbons (Fsp3) is 0.450. The maximum atomic E-state index is 12.8. The molecule has 0 aliphatic heterocycles. The van der Waals surface area contributed by atoms with Crippen molar-refractivity contribution in [2.75, 3.05) is 13.7 Å². The highest BCUT2D eigenvalue weighted by Gasteiger charge is 2.31. The summed E-state index contributed by atoms with van der Waals surface area (Å²) in [6.07, 6.45) is 5.86. The lowest BCUT2D eigenvalue weighted by atomic mass is 9.85. The zero-order chi connectivity index (χ0) is 19.5. The quantitative estimate of drug-likeness (QED) is 0.791. The molecule has 0 atom stereocenters. The van der Waals surface area contributed by atoms with Gasteiger partial charge >= 0.3 is 0 Å². The van der Waals surface area contributed by atoms with Crippen LogP contribution < -0.4 is 9.46 Å². The number of rotatable bonds is 6. The van der Waals surface area contributed by atoms with Crippen LogP contribution in [0.25, 0.3) is 11.1 Å². The number of nitrogens with zero attached hydrogens (tertiary/aromatic N) is 1. The molecule has 0 saturated heterocycles. The first kappa shape index (κ1) is 19.8. The molecule has 146 valence electrons. The lowest BCUT2D eigenvalue weighted by Gasteiger charge is -2.32. The molecule has 0 unspecified atom stereocenters. The number of nitrogens with one attached hydrogen (secondary N) is 1. The van der Waals surface area contributed by atoms with Crippen LogP contribution in [-0.2, 0) is 10.0 Å². The van der Waals surface area contributed by atoms with Gasteiger partial charge in [-0.2, -0.15) is 0 Å². The van der Waals surface area contributed by atoms with Crippen molar-refractivity contribution < 1.29 is 18.3 Å². The van der Waals surface area contributed by atoms with E-state index in [9.17, 15) is 13.5 Å². The Morgan fingerprint density at radius 3 is 2.59 bits per heavy atom. The monoisotopic (exact) mass is 390 g/mol. The molecule has 1 heterocycles. The van der Waals surface area contributed by atoms with Crippen LogP contribution in [0, 0.1) is 6.92 Å². The molecule has 0 amide bonds. The molecular weight excluding hydrogens is 364 g/mol. The fourth-order valence-corrected chi connectivity index (χ4v) is 4.64. The van der Waals surface area contributed by atoms with Crippen LogP contribution in [0.2, 0.25) is 0 Å². The minimum absolute atomic E-state index is 0.0328. The number of hydrogen-bond donors (Lipinski definition) is 2. The third kappa shape index (κ3) is 4.66. The van der Waals surface area contributed by atoms with Crippen LogP contribution in [0.5, 0.6) is 5.75 Å². The van der Waals surface area contributed by atoms with E-state index in [1.807, 2.05) is 19.1 Å². The molecule has 1 aromatic carbocycles. The molecule has 2 aromatic rings. The van der Waals surface area contributed by atoms with Gasteiger partial charge in [0.1, 0.15) is 5.75 Å². The largest absolute Gasteiger partial charge is 0.496 e. The minimum Gasteiger partial charge on any atom is -0.496 e. The first-order valence-corrected chi connectivity index (χ1v) is 10.6. The molecule has 27 heavy (non-hydrogen) atoms. The van der Waals surface area contributed by atoms with Gasteiger partial charge in [0.15, 0.2) is 0 Å². The Kier molecular flexibility index (Phi) is 5.83. The van der Waals surface area contributed by atoms with Crippen molar-refractivity contribution in [1.82, 2.24) is 9.71 Å². The average molecular weight is 391 g/mol. The van der Waals surface area contributed by atoms with Crippen molar-refractivity contribution in [3.8, 4) is 16.9 Å². The van der Waals surface area contributed by atoms with Crippen LogP contribution >= 0.6 is 0 Å². The molecule has 1 aliphatic carbocycles. The first-order chi connectivity index (χ1) is 12.8. The van der Waals surface area contributed by atoms with E-state index in [4.69, 9.17) is 4.74 Å². The second-order valence-electron chi connectivity index (χ2n) is 7.16. The van der Waals surface area contributed by atoms with Gasteiger partial charge in [0, 0.05) is 24.0 Å². The Balaban J connectivity index is 1.88. The summed E-state index contributed by atoms with van der Waals surface area (Å²) in [7, 11) is -2.19. The maximum Gasteiger partial charge on any atom is 0.240 e. The number of aryl methyl sites for hydroxylation is 1. The first-order valence-electron chi connectivity index (χ1n) is 9.16. The highest BCUT2D eigenvalue weighted by molar-refractivity contribution is 7.89. The molecule has 1 fully saturated rings. The zero-order valence-electron chi connectivity index (χ0n) is 15.7. The number of methoxy groups -OCH3 is 1. The highest BCUT2D eigenvalue weighted by Crippen LogP contribution is 2.33. The zero-order valence-corrected chi connectivity index (χ0v) is 16.6. The summed E-state index contributed by atoms with van der Waals surface area (Å²) in [4.78, 5) is 4.33. The van der Waals surface area contributed by atoms with Crippen molar-refractivity contribution in [3.63, 3.8) is 0 Å². The molecular formula is C20H26N2O4S. The summed E-state index contributed by atoms with van der Waals surface area (Å²) < 4.78 is 33.6. The molecule has 0 spiro atoms. The number of sulfonamides is 1. The van der Waals surface area contributed by atoms with E-state index in [0.29, 0.717) is 24.2 Å². The summed E-state index contributed by atoms with van der Waals surface area (Å²) in [5, 5.41) is 10.6. The van der Waals surface area contributed by atoms with E-state index in [0.717, 1.165) is 30.5 Å². The lowest BCUT2D eigenvalue weighted by molar-refractivity contribution is 0.00945. The number of hydrogen-bond acceptors (Lipinski definition) is 5. The third-order valence-corrected chi connectivity index (χ3v) is 6.46. The minimum atomic E-state index is -3.74. The van der Waals surface area contributed by atoms with Gasteiger partial charge in [0.05, 0.1) is 17.6 Å². The number of benzene rings is 1. The van der Waals surface area contributed by atoms with Gasteiger partial charge in [-0.1, -0.05) is 19.3 Å². The second kappa shape index (κ2) is 7.96. The number of aromatic nitrogens is 1. The van der Waals surface area contributed by atoms with Crippen LogP contribution in [0.3, 0.4) is 0 Å². The molecule has 1 saturated carbocycles. The van der Waals surface area contributed by atoms with Gasteiger partial charge in [-0.15, -0.1) is 0 Å². The highest BCUT2D eigenvalue weighted by atomic mass is 32.2. The fourth-order valence-electron chi connectivity index (χ4n) is 3.49. The Labute approximate surface area is 160 Å². The summed E-state index contributed by atoms with van der Waals surface area (Å²) in [6.45, 7) is 1.91. The van der Waals surface area contributed by atoms with Crippen LogP contribution in [0.15, 0.2) is 41.4 Å². The van der Waals surface area contributed by atoms with Gasteiger partial charge in [0.2, 0.25) is 10.0 Å². The molecule has 2 N–H and O–H groups in total. The van der Waals surface area contributed by atoms with E-state index in [-0.39, 0.29) is 11.4 Å². The van der Waals surface area contributed by atoms with Crippen molar-refractivity contribution in [3.05, 3.63) is 42.2 Å². The summed E-state index contributed by atoms with van der Waals surface area (Å²) in [5.41, 5.74) is 1.40. The average Bonchev–Trinajstić information content (AvgIpc) is 2.67. The van der Waals surface area contributed by atoms with E-state index in [1.165, 1.54) is 6.07 Å². The molecule has 1 aromatic heterocycles. The van der Waals surface area contributed by atoms with E-state index in [1.54, 1.807) is 25.4 Å². The standard InChI is InChI=1S/C20H26N2O4S/c1-15-12-16(8-11-21-15)18-13-17(6-7-19(18)26-2)27(24,25)22-14-20(23)9-4-3-5-10-20/h6-8,11-13,22-23H,3-5,9-10,14H2,1-2H3. The van der Waals surface area contributed by atoms with Crippen molar-refractivity contribution in [2.45, 2.75) is 49.5 Å².